The zero-order valence-corrected chi connectivity index (χ0v) is 26.3. The highest BCUT2D eigenvalue weighted by molar-refractivity contribution is 7.92. The van der Waals surface area contributed by atoms with Gasteiger partial charge in [-0.25, -0.2) is 29.9 Å². The van der Waals surface area contributed by atoms with Crippen molar-refractivity contribution in [3.63, 3.8) is 0 Å². The first-order valence-electron chi connectivity index (χ1n) is 13.0. The van der Waals surface area contributed by atoms with E-state index < -0.39 is 43.4 Å². The number of hydrogen-bond acceptors (Lipinski definition) is 5. The summed E-state index contributed by atoms with van der Waals surface area (Å²) < 4.78 is 90.8. The number of anilines is 1. The van der Waals surface area contributed by atoms with Gasteiger partial charge in [-0.3, -0.25) is 4.31 Å². The van der Waals surface area contributed by atoms with E-state index in [2.05, 4.69) is 0 Å². The van der Waals surface area contributed by atoms with Crippen molar-refractivity contribution in [3.05, 3.63) is 118 Å². The highest BCUT2D eigenvalue weighted by atomic mass is 35.5. The molecule has 0 heterocycles. The molecule has 0 bridgehead atoms. The van der Waals surface area contributed by atoms with Gasteiger partial charge in [0.1, 0.15) is 17.4 Å². The van der Waals surface area contributed by atoms with Gasteiger partial charge in [-0.2, -0.15) is 0 Å². The first kappa shape index (κ1) is 32.7. The fourth-order valence-corrected chi connectivity index (χ4v) is 7.48. The molecule has 0 saturated heterocycles. The maximum Gasteiger partial charge on any atom is 0.264 e. The smallest absolute Gasteiger partial charge is 0.264 e. The maximum atomic E-state index is 15.1. The summed E-state index contributed by atoms with van der Waals surface area (Å²) in [6, 6.07) is 19.3. The third-order valence-corrected chi connectivity index (χ3v) is 10.9. The number of para-hydroxylation sites is 1. The zero-order valence-electron chi connectivity index (χ0n) is 23.1. The number of nitrogens with zero attached hydrogens (tertiary/aromatic N) is 2. The number of hydrogen-bond donors (Lipinski definition) is 0. The van der Waals surface area contributed by atoms with Gasteiger partial charge in [0.2, 0.25) is 10.0 Å². The van der Waals surface area contributed by atoms with Gasteiger partial charge in [-0.15, -0.1) is 0 Å². The fourth-order valence-electron chi connectivity index (χ4n) is 4.38. The van der Waals surface area contributed by atoms with E-state index >= 15 is 4.39 Å². The molecule has 0 N–H and O–H groups in total. The molecule has 0 amide bonds. The molecule has 228 valence electrons. The Labute approximate surface area is 260 Å². The zero-order chi connectivity index (χ0) is 31.4. The molecule has 43 heavy (non-hydrogen) atoms. The second kappa shape index (κ2) is 13.6. The van der Waals surface area contributed by atoms with Crippen molar-refractivity contribution in [2.24, 2.45) is 0 Å². The minimum Gasteiger partial charge on any atom is -0.493 e. The Hall–Kier alpha value is -3.22. The number of benzene rings is 4. The molecule has 0 radical (unpaired) electrons. The van der Waals surface area contributed by atoms with Gasteiger partial charge in [0.05, 0.1) is 28.1 Å². The summed E-state index contributed by atoms with van der Waals surface area (Å²) in [5.41, 5.74) is -0.0999. The van der Waals surface area contributed by atoms with Crippen molar-refractivity contribution in [1.82, 2.24) is 4.31 Å². The Balaban J connectivity index is 1.58. The van der Waals surface area contributed by atoms with Crippen LogP contribution in [-0.4, -0.2) is 41.3 Å². The molecule has 7 nitrogen and oxygen atoms in total. The Bertz CT molecular complexity index is 1790. The second-order valence-electron chi connectivity index (χ2n) is 9.55. The quantitative estimate of drug-likeness (QED) is 0.148. The topological polar surface area (TPSA) is 84.0 Å². The van der Waals surface area contributed by atoms with Gasteiger partial charge < -0.3 is 4.74 Å². The first-order valence-corrected chi connectivity index (χ1v) is 16.6. The van der Waals surface area contributed by atoms with Gasteiger partial charge in [0.15, 0.2) is 0 Å². The van der Waals surface area contributed by atoms with E-state index in [0.717, 1.165) is 22.5 Å². The SMILES string of the molecule is CC(c1ccccc1OCCCN(C)S(=O)(=O)c1ccc(Cl)cc1)N(c1cc(F)ccc1F)S(=O)(=O)c1ccc(Cl)cc1. The molecule has 0 aliphatic rings. The minimum absolute atomic E-state index is 0.0858. The van der Waals surface area contributed by atoms with E-state index in [4.69, 9.17) is 27.9 Å². The molecular weight excluding hydrogens is 641 g/mol. The van der Waals surface area contributed by atoms with Crippen LogP contribution >= 0.6 is 23.2 Å². The molecule has 4 aromatic carbocycles. The molecule has 1 atom stereocenters. The maximum absolute atomic E-state index is 15.1. The number of halogens is 4. The Kier molecular flexibility index (Phi) is 10.3. The first-order chi connectivity index (χ1) is 20.3. The predicted molar refractivity (Wildman–Crippen MR) is 164 cm³/mol. The van der Waals surface area contributed by atoms with Crippen molar-refractivity contribution in [2.75, 3.05) is 24.5 Å². The van der Waals surface area contributed by atoms with E-state index in [0.29, 0.717) is 27.8 Å². The van der Waals surface area contributed by atoms with E-state index in [1.165, 1.54) is 66.8 Å². The molecule has 0 spiro atoms. The molecule has 0 saturated carbocycles. The molecule has 0 aliphatic carbocycles. The fraction of sp³-hybridized carbons (Fsp3) is 0.200. The summed E-state index contributed by atoms with van der Waals surface area (Å²) in [5, 5.41) is 0.725. The monoisotopic (exact) mass is 668 g/mol. The minimum atomic E-state index is -4.43. The van der Waals surface area contributed by atoms with Gasteiger partial charge >= 0.3 is 0 Å². The third kappa shape index (κ3) is 7.47. The van der Waals surface area contributed by atoms with Crippen molar-refractivity contribution < 1.29 is 30.4 Å². The van der Waals surface area contributed by atoms with Crippen LogP contribution in [0.15, 0.2) is 101 Å². The lowest BCUT2D eigenvalue weighted by Crippen LogP contribution is -2.34. The Morgan fingerprint density at radius 2 is 1.35 bits per heavy atom. The third-order valence-electron chi connectivity index (χ3n) is 6.63. The Morgan fingerprint density at radius 3 is 1.95 bits per heavy atom. The number of sulfonamides is 2. The van der Waals surface area contributed by atoms with Crippen LogP contribution in [0, 0.1) is 11.6 Å². The standard InChI is InChI=1S/C30H28Cl2F2N2O5S2/c1-21(36(29-20-24(33)12-17-28(29)34)43(39,40)26-15-10-23(32)11-16-26)27-6-3-4-7-30(27)41-19-5-18-35(2)42(37,38)25-13-8-22(31)9-14-25/h3-4,6-17,20-21H,5,18-19H2,1-2H3. The summed E-state index contributed by atoms with van der Waals surface area (Å²) >= 11 is 11.8. The van der Waals surface area contributed by atoms with Crippen molar-refractivity contribution in [2.45, 2.75) is 29.2 Å². The van der Waals surface area contributed by atoms with Crippen LogP contribution in [0.2, 0.25) is 10.0 Å². The summed E-state index contributed by atoms with van der Waals surface area (Å²) in [7, 11) is -6.72. The van der Waals surface area contributed by atoms with Crippen LogP contribution in [0.25, 0.3) is 0 Å². The van der Waals surface area contributed by atoms with Crippen molar-refractivity contribution in [1.29, 1.82) is 0 Å². The van der Waals surface area contributed by atoms with Crippen LogP contribution in [0.4, 0.5) is 14.5 Å². The van der Waals surface area contributed by atoms with Gasteiger partial charge in [-0.05, 0) is 80.1 Å². The summed E-state index contributed by atoms with van der Waals surface area (Å²) in [6.07, 6.45) is 0.303. The highest BCUT2D eigenvalue weighted by Crippen LogP contribution is 2.38. The highest BCUT2D eigenvalue weighted by Gasteiger charge is 2.34. The molecule has 0 aromatic heterocycles. The molecule has 4 aromatic rings. The van der Waals surface area contributed by atoms with E-state index in [1.54, 1.807) is 24.3 Å². The van der Waals surface area contributed by atoms with E-state index in [9.17, 15) is 21.2 Å². The molecule has 0 aliphatic heterocycles. The number of ether oxygens (including phenoxy) is 1. The second-order valence-corrected chi connectivity index (χ2v) is 14.3. The van der Waals surface area contributed by atoms with E-state index in [1.807, 2.05) is 0 Å². The van der Waals surface area contributed by atoms with Crippen LogP contribution in [-0.2, 0) is 20.0 Å². The Morgan fingerprint density at radius 1 is 0.791 bits per heavy atom. The van der Waals surface area contributed by atoms with Gasteiger partial charge in [-0.1, -0.05) is 41.4 Å². The summed E-state index contributed by atoms with van der Waals surface area (Å²) in [5.74, 6) is -1.46. The van der Waals surface area contributed by atoms with Crippen LogP contribution in [0.1, 0.15) is 24.9 Å². The van der Waals surface area contributed by atoms with Crippen LogP contribution in [0.5, 0.6) is 5.75 Å². The summed E-state index contributed by atoms with van der Waals surface area (Å²) in [6.45, 7) is 1.75. The normalized spacial score (nSPS) is 12.7. The van der Waals surface area contributed by atoms with Gasteiger partial charge in [0.25, 0.3) is 10.0 Å². The molecular formula is C30H28Cl2F2N2O5S2. The lowest BCUT2D eigenvalue weighted by atomic mass is 10.1. The lowest BCUT2D eigenvalue weighted by molar-refractivity contribution is 0.292. The van der Waals surface area contributed by atoms with Gasteiger partial charge in [0, 0.05) is 35.3 Å². The summed E-state index contributed by atoms with van der Waals surface area (Å²) in [4.78, 5) is -0.0678. The molecule has 1 unspecified atom stereocenters. The van der Waals surface area contributed by atoms with E-state index in [-0.39, 0.29) is 22.9 Å². The average molecular weight is 670 g/mol. The van der Waals surface area contributed by atoms with Crippen LogP contribution < -0.4 is 9.04 Å². The van der Waals surface area contributed by atoms with Crippen molar-refractivity contribution >= 4 is 48.9 Å². The number of rotatable bonds is 12. The average Bonchev–Trinajstić information content (AvgIpc) is 2.97. The predicted octanol–water partition coefficient (Wildman–Crippen LogP) is 7.32. The molecule has 0 fully saturated rings. The lowest BCUT2D eigenvalue weighted by Gasteiger charge is -2.32. The molecule has 13 heteroatoms. The van der Waals surface area contributed by atoms with Crippen LogP contribution in [0.3, 0.4) is 0 Å². The van der Waals surface area contributed by atoms with Crippen molar-refractivity contribution in [3.8, 4) is 5.75 Å². The molecule has 4 rings (SSSR count). The largest absolute Gasteiger partial charge is 0.493 e.